The second-order valence-electron chi connectivity index (χ2n) is 2.60. The van der Waals surface area contributed by atoms with Crippen molar-refractivity contribution < 1.29 is 9.47 Å². The van der Waals surface area contributed by atoms with Crippen LogP contribution in [-0.2, 0) is 9.47 Å². The third kappa shape index (κ3) is 3.85. The van der Waals surface area contributed by atoms with Crippen molar-refractivity contribution in [2.45, 2.75) is 19.1 Å². The van der Waals surface area contributed by atoms with E-state index in [1.165, 1.54) is 0 Å². The lowest BCUT2D eigenvalue weighted by Gasteiger charge is -2.23. The Bertz CT molecular complexity index is 148. The summed E-state index contributed by atoms with van der Waals surface area (Å²) in [5.41, 5.74) is 5.25. The zero-order valence-corrected chi connectivity index (χ0v) is 7.73. The van der Waals surface area contributed by atoms with E-state index >= 15 is 0 Å². The fraction of sp³-hybridized carbons (Fsp3) is 0.857. The summed E-state index contributed by atoms with van der Waals surface area (Å²) in [7, 11) is 0. The van der Waals surface area contributed by atoms with Crippen molar-refractivity contribution >= 4 is 17.3 Å². The van der Waals surface area contributed by atoms with Gasteiger partial charge in [0, 0.05) is 13.0 Å². The third-order valence-electron chi connectivity index (χ3n) is 1.58. The summed E-state index contributed by atoms with van der Waals surface area (Å²) >= 11 is 4.65. The van der Waals surface area contributed by atoms with Gasteiger partial charge in [-0.15, -0.1) is 0 Å². The van der Waals surface area contributed by atoms with E-state index in [1.54, 1.807) is 0 Å². The maximum Gasteiger partial charge on any atom is 0.163 e. The summed E-state index contributed by atoms with van der Waals surface area (Å²) < 4.78 is 10.6. The number of nitrogens with two attached hydrogens (primary N) is 1. The van der Waals surface area contributed by atoms with Crippen molar-refractivity contribution in [2.24, 2.45) is 5.73 Å². The zero-order chi connectivity index (χ0) is 8.81. The zero-order valence-electron chi connectivity index (χ0n) is 6.91. The van der Waals surface area contributed by atoms with Gasteiger partial charge in [-0.1, -0.05) is 0 Å². The van der Waals surface area contributed by atoms with Crippen molar-refractivity contribution in [3.05, 3.63) is 0 Å². The van der Waals surface area contributed by atoms with Crippen LogP contribution in [0.5, 0.6) is 0 Å². The van der Waals surface area contributed by atoms with Crippen LogP contribution in [0.2, 0.25) is 0 Å². The summed E-state index contributed by atoms with van der Waals surface area (Å²) in [5.74, 6) is 0. The first-order valence-corrected chi connectivity index (χ1v) is 4.46. The van der Waals surface area contributed by atoms with E-state index < -0.39 is 0 Å². The molecule has 1 saturated heterocycles. The number of hydrogen-bond donors (Lipinski definition) is 2. The molecule has 0 spiro atoms. The Hall–Kier alpha value is -0.390. The predicted molar refractivity (Wildman–Crippen MR) is 49.7 cm³/mol. The maximum absolute atomic E-state index is 5.31. The molecular weight excluding hydrogens is 176 g/mol. The van der Waals surface area contributed by atoms with Crippen LogP contribution in [0.25, 0.3) is 0 Å². The molecule has 0 aliphatic carbocycles. The Labute approximate surface area is 77.4 Å². The van der Waals surface area contributed by atoms with Gasteiger partial charge in [0.1, 0.15) is 0 Å². The van der Waals surface area contributed by atoms with Gasteiger partial charge >= 0.3 is 0 Å². The van der Waals surface area contributed by atoms with Crippen LogP contribution >= 0.6 is 12.2 Å². The fourth-order valence-electron chi connectivity index (χ4n) is 1.02. The Morgan fingerprint density at radius 1 is 1.50 bits per heavy atom. The fourth-order valence-corrected chi connectivity index (χ4v) is 1.12. The van der Waals surface area contributed by atoms with Crippen LogP contribution in [0.15, 0.2) is 0 Å². The number of ether oxygens (including phenoxy) is 2. The van der Waals surface area contributed by atoms with E-state index in [-0.39, 0.29) is 6.29 Å². The monoisotopic (exact) mass is 190 g/mol. The summed E-state index contributed by atoms with van der Waals surface area (Å²) in [6, 6.07) is 0. The SMILES string of the molecule is NC(=S)NCCC1OCCCO1. The second kappa shape index (κ2) is 5.29. The molecule has 3 N–H and O–H groups in total. The van der Waals surface area contributed by atoms with Crippen molar-refractivity contribution in [3.8, 4) is 0 Å². The quantitative estimate of drug-likeness (QED) is 0.612. The first kappa shape index (κ1) is 9.70. The lowest BCUT2D eigenvalue weighted by molar-refractivity contribution is -0.180. The summed E-state index contributed by atoms with van der Waals surface area (Å²) in [6.07, 6.45) is 1.69. The first-order chi connectivity index (χ1) is 5.79. The normalized spacial score (nSPS) is 19.0. The molecule has 4 nitrogen and oxygen atoms in total. The molecule has 0 aromatic heterocycles. The van der Waals surface area contributed by atoms with Gasteiger partial charge in [-0.25, -0.2) is 0 Å². The smallest absolute Gasteiger partial charge is 0.163 e. The molecule has 70 valence electrons. The third-order valence-corrected chi connectivity index (χ3v) is 1.72. The highest BCUT2D eigenvalue weighted by molar-refractivity contribution is 7.80. The number of thiocarbonyl (C=S) groups is 1. The minimum absolute atomic E-state index is 0.0828. The molecular formula is C7H14N2O2S. The molecule has 0 amide bonds. The molecule has 0 bridgehead atoms. The van der Waals surface area contributed by atoms with Crippen LogP contribution in [0.4, 0.5) is 0 Å². The lowest BCUT2D eigenvalue weighted by atomic mass is 10.3. The van der Waals surface area contributed by atoms with Crippen molar-refractivity contribution in [1.82, 2.24) is 5.32 Å². The van der Waals surface area contributed by atoms with Gasteiger partial charge in [-0.3, -0.25) is 0 Å². The molecule has 0 aromatic carbocycles. The van der Waals surface area contributed by atoms with E-state index in [2.05, 4.69) is 17.5 Å². The van der Waals surface area contributed by atoms with Gasteiger partial charge in [-0.05, 0) is 18.6 Å². The van der Waals surface area contributed by atoms with Crippen LogP contribution in [0, 0.1) is 0 Å². The Morgan fingerprint density at radius 2 is 2.17 bits per heavy atom. The molecule has 12 heavy (non-hydrogen) atoms. The molecule has 0 atom stereocenters. The molecule has 1 heterocycles. The van der Waals surface area contributed by atoms with Gasteiger partial charge < -0.3 is 20.5 Å². The van der Waals surface area contributed by atoms with Gasteiger partial charge in [0.15, 0.2) is 11.4 Å². The average Bonchev–Trinajstić information content (AvgIpc) is 2.05. The van der Waals surface area contributed by atoms with Crippen molar-refractivity contribution in [1.29, 1.82) is 0 Å². The summed E-state index contributed by atoms with van der Waals surface area (Å²) in [6.45, 7) is 2.29. The van der Waals surface area contributed by atoms with E-state index in [9.17, 15) is 0 Å². The van der Waals surface area contributed by atoms with Crippen molar-refractivity contribution in [3.63, 3.8) is 0 Å². The molecule has 0 aromatic rings. The van der Waals surface area contributed by atoms with Gasteiger partial charge in [0.25, 0.3) is 0 Å². The molecule has 0 radical (unpaired) electrons. The summed E-state index contributed by atoms with van der Waals surface area (Å²) in [5, 5.41) is 3.17. The van der Waals surface area contributed by atoms with Gasteiger partial charge in [0.05, 0.1) is 13.2 Å². The molecule has 5 heteroatoms. The Kier molecular flexibility index (Phi) is 4.27. The van der Waals surface area contributed by atoms with E-state index in [0.29, 0.717) is 11.7 Å². The largest absolute Gasteiger partial charge is 0.376 e. The number of rotatable bonds is 3. The van der Waals surface area contributed by atoms with E-state index in [4.69, 9.17) is 15.2 Å². The lowest BCUT2D eigenvalue weighted by Crippen LogP contribution is -2.34. The highest BCUT2D eigenvalue weighted by atomic mass is 32.1. The molecule has 1 rings (SSSR count). The Morgan fingerprint density at radius 3 is 2.75 bits per heavy atom. The van der Waals surface area contributed by atoms with Crippen LogP contribution in [0.1, 0.15) is 12.8 Å². The minimum Gasteiger partial charge on any atom is -0.376 e. The van der Waals surface area contributed by atoms with Crippen LogP contribution in [-0.4, -0.2) is 31.2 Å². The minimum atomic E-state index is -0.0828. The topological polar surface area (TPSA) is 56.5 Å². The van der Waals surface area contributed by atoms with Crippen LogP contribution < -0.4 is 11.1 Å². The van der Waals surface area contributed by atoms with Crippen molar-refractivity contribution in [2.75, 3.05) is 19.8 Å². The second-order valence-corrected chi connectivity index (χ2v) is 3.04. The highest BCUT2D eigenvalue weighted by Crippen LogP contribution is 2.07. The van der Waals surface area contributed by atoms with Gasteiger partial charge in [-0.2, -0.15) is 0 Å². The molecule has 0 saturated carbocycles. The Balaban J connectivity index is 2.01. The molecule has 1 aliphatic rings. The molecule has 0 unspecified atom stereocenters. The highest BCUT2D eigenvalue weighted by Gasteiger charge is 2.12. The number of hydrogen-bond acceptors (Lipinski definition) is 3. The van der Waals surface area contributed by atoms with E-state index in [0.717, 1.165) is 26.1 Å². The predicted octanol–water partition coefficient (Wildman–Crippen LogP) is -0.0273. The summed E-state index contributed by atoms with van der Waals surface area (Å²) in [4.78, 5) is 0. The molecule has 1 fully saturated rings. The number of nitrogens with one attached hydrogen (secondary N) is 1. The van der Waals surface area contributed by atoms with E-state index in [1.807, 2.05) is 0 Å². The maximum atomic E-state index is 5.31. The average molecular weight is 190 g/mol. The molecule has 1 aliphatic heterocycles. The van der Waals surface area contributed by atoms with Gasteiger partial charge in [0.2, 0.25) is 0 Å². The first-order valence-electron chi connectivity index (χ1n) is 4.05. The standard InChI is InChI=1S/C7H14N2O2S/c8-7(12)9-3-2-6-10-4-1-5-11-6/h6H,1-5H2,(H3,8,9,12). The van der Waals surface area contributed by atoms with Crippen LogP contribution in [0.3, 0.4) is 0 Å².